The van der Waals surface area contributed by atoms with Crippen LogP contribution in [0.15, 0.2) is 4.42 Å². The zero-order chi connectivity index (χ0) is 10.4. The average Bonchev–Trinajstić information content (AvgIpc) is 2.63. The van der Waals surface area contributed by atoms with E-state index in [0.717, 1.165) is 6.54 Å². The fourth-order valence-corrected chi connectivity index (χ4v) is 1.13. The molecule has 5 nitrogen and oxygen atoms in total. The van der Waals surface area contributed by atoms with Crippen molar-refractivity contribution < 1.29 is 9.15 Å². The molecule has 1 heterocycles. The maximum atomic E-state index is 5.44. The Morgan fingerprint density at radius 1 is 1.50 bits per heavy atom. The Hall–Kier alpha value is -0.940. The molecule has 1 rings (SSSR count). The van der Waals surface area contributed by atoms with Gasteiger partial charge in [0.15, 0.2) is 0 Å². The van der Waals surface area contributed by atoms with Crippen molar-refractivity contribution in [2.24, 2.45) is 0 Å². The molecule has 1 N–H and O–H groups in total. The molecule has 0 aliphatic rings. The topological polar surface area (TPSA) is 60.2 Å². The van der Waals surface area contributed by atoms with Crippen molar-refractivity contribution in [1.29, 1.82) is 0 Å². The minimum absolute atomic E-state index is 0.115. The van der Waals surface area contributed by atoms with E-state index in [0.29, 0.717) is 24.8 Å². The van der Waals surface area contributed by atoms with Crippen molar-refractivity contribution in [2.45, 2.75) is 26.3 Å². The molecule has 0 spiro atoms. The normalized spacial score (nSPS) is 13.1. The Kier molecular flexibility index (Phi) is 4.55. The van der Waals surface area contributed by atoms with Crippen LogP contribution in [0, 0.1) is 0 Å². The van der Waals surface area contributed by atoms with Crippen LogP contribution in [0.5, 0.6) is 0 Å². The highest BCUT2D eigenvalue weighted by Gasteiger charge is 2.11. The van der Waals surface area contributed by atoms with E-state index < -0.39 is 0 Å². The van der Waals surface area contributed by atoms with E-state index in [1.54, 1.807) is 7.11 Å². The second-order valence-corrected chi connectivity index (χ2v) is 3.06. The molecular weight excluding hydrogens is 182 g/mol. The molecule has 1 aromatic heterocycles. The lowest BCUT2D eigenvalue weighted by Gasteiger charge is -2.05. The molecule has 0 fully saturated rings. The number of nitrogens with zero attached hydrogens (tertiary/aromatic N) is 2. The third-order valence-corrected chi connectivity index (χ3v) is 1.88. The molecule has 1 unspecified atom stereocenters. The molecular formula is C9H17N3O2. The Labute approximate surface area is 83.9 Å². The summed E-state index contributed by atoms with van der Waals surface area (Å²) < 4.78 is 10.4. The minimum atomic E-state index is 0.115. The van der Waals surface area contributed by atoms with Gasteiger partial charge in [-0.25, -0.2) is 0 Å². The number of aromatic nitrogens is 2. The van der Waals surface area contributed by atoms with E-state index in [9.17, 15) is 0 Å². The lowest BCUT2D eigenvalue weighted by molar-refractivity contribution is 0.194. The summed E-state index contributed by atoms with van der Waals surface area (Å²) in [5, 5.41) is 11.1. The first-order valence-electron chi connectivity index (χ1n) is 4.82. The van der Waals surface area contributed by atoms with Gasteiger partial charge in [0.25, 0.3) is 0 Å². The second kappa shape index (κ2) is 5.72. The predicted octanol–water partition coefficient (Wildman–Crippen LogP) is 0.929. The van der Waals surface area contributed by atoms with Gasteiger partial charge in [-0.05, 0) is 13.5 Å². The van der Waals surface area contributed by atoms with Gasteiger partial charge in [0.05, 0.1) is 12.6 Å². The lowest BCUT2D eigenvalue weighted by atomic mass is 10.3. The van der Waals surface area contributed by atoms with Crippen LogP contribution >= 0.6 is 0 Å². The highest BCUT2D eigenvalue weighted by Crippen LogP contribution is 2.10. The molecule has 0 aromatic carbocycles. The van der Waals surface area contributed by atoms with Crippen molar-refractivity contribution >= 4 is 0 Å². The van der Waals surface area contributed by atoms with Gasteiger partial charge >= 0.3 is 0 Å². The highest BCUT2D eigenvalue weighted by atomic mass is 16.5. The first kappa shape index (κ1) is 11.1. The van der Waals surface area contributed by atoms with Gasteiger partial charge in [0.2, 0.25) is 11.8 Å². The molecule has 80 valence electrons. The van der Waals surface area contributed by atoms with Crippen LogP contribution in [-0.2, 0) is 11.2 Å². The summed E-state index contributed by atoms with van der Waals surface area (Å²) in [6, 6.07) is 0.115. The molecule has 0 saturated heterocycles. The summed E-state index contributed by atoms with van der Waals surface area (Å²) in [5.41, 5.74) is 0. The van der Waals surface area contributed by atoms with Crippen molar-refractivity contribution in [3.63, 3.8) is 0 Å². The molecule has 0 saturated carbocycles. The molecule has 1 atom stereocenters. The monoisotopic (exact) mass is 199 g/mol. The number of nitrogens with one attached hydrogen (secondary N) is 1. The lowest BCUT2D eigenvalue weighted by Crippen LogP contribution is -2.17. The molecule has 0 aliphatic carbocycles. The third kappa shape index (κ3) is 3.08. The summed E-state index contributed by atoms with van der Waals surface area (Å²) in [6.07, 6.45) is 0.669. The SMILES string of the molecule is CCNC(C)c1nnc(CCOC)o1. The molecule has 1 aromatic rings. The van der Waals surface area contributed by atoms with E-state index in [2.05, 4.69) is 15.5 Å². The minimum Gasteiger partial charge on any atom is -0.423 e. The van der Waals surface area contributed by atoms with E-state index >= 15 is 0 Å². The summed E-state index contributed by atoms with van der Waals surface area (Å²) in [4.78, 5) is 0. The maximum absolute atomic E-state index is 5.44. The van der Waals surface area contributed by atoms with Crippen LogP contribution in [0.4, 0.5) is 0 Å². The number of hydrogen-bond donors (Lipinski definition) is 1. The Morgan fingerprint density at radius 2 is 2.29 bits per heavy atom. The van der Waals surface area contributed by atoms with Crippen LogP contribution in [-0.4, -0.2) is 30.5 Å². The van der Waals surface area contributed by atoms with Gasteiger partial charge in [-0.3, -0.25) is 0 Å². The maximum Gasteiger partial charge on any atom is 0.233 e. The first-order valence-corrected chi connectivity index (χ1v) is 4.82. The zero-order valence-corrected chi connectivity index (χ0v) is 8.91. The van der Waals surface area contributed by atoms with E-state index in [4.69, 9.17) is 9.15 Å². The van der Waals surface area contributed by atoms with Crippen molar-refractivity contribution in [3.05, 3.63) is 11.8 Å². The van der Waals surface area contributed by atoms with Crippen LogP contribution in [0.3, 0.4) is 0 Å². The first-order chi connectivity index (χ1) is 6.77. The molecule has 0 amide bonds. The zero-order valence-electron chi connectivity index (χ0n) is 8.91. The van der Waals surface area contributed by atoms with Crippen molar-refractivity contribution in [2.75, 3.05) is 20.3 Å². The summed E-state index contributed by atoms with van der Waals surface area (Å²) in [7, 11) is 1.65. The van der Waals surface area contributed by atoms with E-state index in [1.807, 2.05) is 13.8 Å². The number of hydrogen-bond acceptors (Lipinski definition) is 5. The smallest absolute Gasteiger partial charge is 0.233 e. The van der Waals surface area contributed by atoms with Gasteiger partial charge < -0.3 is 14.5 Å². The van der Waals surface area contributed by atoms with Gasteiger partial charge in [-0.1, -0.05) is 6.92 Å². The van der Waals surface area contributed by atoms with E-state index in [1.165, 1.54) is 0 Å². The predicted molar refractivity (Wildman–Crippen MR) is 52.0 cm³/mol. The Morgan fingerprint density at radius 3 is 2.93 bits per heavy atom. The van der Waals surface area contributed by atoms with E-state index in [-0.39, 0.29) is 6.04 Å². The van der Waals surface area contributed by atoms with Crippen LogP contribution in [0.1, 0.15) is 31.7 Å². The number of ether oxygens (including phenoxy) is 1. The molecule has 0 bridgehead atoms. The van der Waals surface area contributed by atoms with Crippen LogP contribution < -0.4 is 5.32 Å². The quantitative estimate of drug-likeness (QED) is 0.738. The molecule has 0 aliphatic heterocycles. The van der Waals surface area contributed by atoms with Crippen LogP contribution in [0.2, 0.25) is 0 Å². The Balaban J connectivity index is 2.49. The largest absolute Gasteiger partial charge is 0.423 e. The van der Waals surface area contributed by atoms with Crippen molar-refractivity contribution in [1.82, 2.24) is 15.5 Å². The van der Waals surface area contributed by atoms with Gasteiger partial charge in [0, 0.05) is 13.5 Å². The molecule has 5 heteroatoms. The summed E-state index contributed by atoms with van der Waals surface area (Å²) >= 11 is 0. The number of rotatable bonds is 6. The second-order valence-electron chi connectivity index (χ2n) is 3.06. The number of methoxy groups -OCH3 is 1. The molecule has 14 heavy (non-hydrogen) atoms. The fourth-order valence-electron chi connectivity index (χ4n) is 1.13. The third-order valence-electron chi connectivity index (χ3n) is 1.88. The Bertz CT molecular complexity index is 262. The van der Waals surface area contributed by atoms with Gasteiger partial charge in [-0.15, -0.1) is 10.2 Å². The van der Waals surface area contributed by atoms with Gasteiger partial charge in [-0.2, -0.15) is 0 Å². The highest BCUT2D eigenvalue weighted by molar-refractivity contribution is 4.87. The molecule has 0 radical (unpaired) electrons. The average molecular weight is 199 g/mol. The standard InChI is InChI=1S/C9H17N3O2/c1-4-10-7(2)9-12-11-8(14-9)5-6-13-3/h7,10H,4-6H2,1-3H3. The fraction of sp³-hybridized carbons (Fsp3) is 0.778. The summed E-state index contributed by atoms with van der Waals surface area (Å²) in [6.45, 7) is 5.53. The van der Waals surface area contributed by atoms with Crippen LogP contribution in [0.25, 0.3) is 0 Å². The summed E-state index contributed by atoms with van der Waals surface area (Å²) in [5.74, 6) is 1.27. The van der Waals surface area contributed by atoms with Crippen molar-refractivity contribution in [3.8, 4) is 0 Å². The van der Waals surface area contributed by atoms with Gasteiger partial charge in [0.1, 0.15) is 0 Å².